The minimum Gasteiger partial charge on any atom is -0.352 e. The Morgan fingerprint density at radius 1 is 1.00 bits per heavy atom. The molecule has 5 amide bonds. The average Bonchev–Trinajstić information content (AvgIpc) is 3.30. The van der Waals surface area contributed by atoms with E-state index in [-0.39, 0.29) is 40.6 Å². The molecule has 0 aliphatic carbocycles. The van der Waals surface area contributed by atoms with Crippen molar-refractivity contribution in [3.8, 4) is 0 Å². The number of carbonyl (C=O) groups is 4. The number of piperidine rings is 1. The van der Waals surface area contributed by atoms with Crippen LogP contribution in [0.5, 0.6) is 0 Å². The lowest BCUT2D eigenvalue weighted by molar-refractivity contribution is -0.142. The first-order valence-corrected chi connectivity index (χ1v) is 15.3. The normalized spacial score (nSPS) is 21.9. The maximum Gasteiger partial charge on any atom is 0.315 e. The van der Waals surface area contributed by atoms with Crippen LogP contribution in [0.15, 0.2) is 0 Å². The molecule has 2 aliphatic heterocycles. The summed E-state index contributed by atoms with van der Waals surface area (Å²) < 4.78 is 0. The predicted molar refractivity (Wildman–Crippen MR) is 160 cm³/mol. The second-order valence-corrected chi connectivity index (χ2v) is 15.0. The van der Waals surface area contributed by atoms with Crippen molar-refractivity contribution < 1.29 is 19.2 Å². The number of nitrogens with one attached hydrogen (secondary N) is 3. The summed E-state index contributed by atoms with van der Waals surface area (Å²) in [5.74, 6) is -0.242. The van der Waals surface area contributed by atoms with Crippen LogP contribution in [0.4, 0.5) is 4.79 Å². The van der Waals surface area contributed by atoms with Crippen molar-refractivity contribution in [2.75, 3.05) is 19.6 Å². The van der Waals surface area contributed by atoms with Crippen LogP contribution >= 0.6 is 0 Å². The summed E-state index contributed by atoms with van der Waals surface area (Å²) in [6.45, 7) is 21.8. The van der Waals surface area contributed by atoms with Gasteiger partial charge in [0, 0.05) is 32.1 Å². The summed E-state index contributed by atoms with van der Waals surface area (Å²) in [6, 6.07) is -2.02. The van der Waals surface area contributed by atoms with Gasteiger partial charge in [-0.3, -0.25) is 14.4 Å². The smallest absolute Gasteiger partial charge is 0.315 e. The predicted octanol–water partition coefficient (Wildman–Crippen LogP) is 4.45. The summed E-state index contributed by atoms with van der Waals surface area (Å²) >= 11 is 0. The summed E-state index contributed by atoms with van der Waals surface area (Å²) in [5.41, 5.74) is -0.885. The zero-order valence-corrected chi connectivity index (χ0v) is 26.9. The van der Waals surface area contributed by atoms with Crippen molar-refractivity contribution in [3.05, 3.63) is 0 Å². The summed E-state index contributed by atoms with van der Waals surface area (Å²) in [6.07, 6.45) is 5.81. The zero-order chi connectivity index (χ0) is 30.5. The molecule has 0 bridgehead atoms. The minimum absolute atomic E-state index is 0.00616. The molecular weight excluding hydrogens is 506 g/mol. The number of carbonyl (C=O) groups excluding carboxylic acids is 4. The number of nitrogens with zero attached hydrogens (tertiary/aromatic N) is 2. The van der Waals surface area contributed by atoms with E-state index in [9.17, 15) is 19.2 Å². The van der Waals surface area contributed by atoms with E-state index in [4.69, 9.17) is 0 Å². The second kappa shape index (κ2) is 13.6. The Morgan fingerprint density at radius 2 is 1.65 bits per heavy atom. The van der Waals surface area contributed by atoms with Crippen molar-refractivity contribution in [1.82, 2.24) is 25.8 Å². The highest BCUT2D eigenvalue weighted by Gasteiger charge is 2.43. The van der Waals surface area contributed by atoms with Crippen molar-refractivity contribution in [3.63, 3.8) is 0 Å². The molecule has 2 heterocycles. The van der Waals surface area contributed by atoms with Crippen LogP contribution in [0.3, 0.4) is 0 Å². The Hall–Kier alpha value is -2.32. The topological polar surface area (TPSA) is 111 Å². The standard InChI is InChI=1S/C31H57N5O4/c1-11-12-14-21(2)32-26(38)22-15-13-17-36(22)27(39)25(30(6,7)8)34-28(40)33-23(29(3,4)5)20-35-18-16-31(9,10)19-24(35)37/h21-23,25H,11-20H2,1-10H3,(H,32,38)(H2,33,34,40). The lowest BCUT2D eigenvalue weighted by Crippen LogP contribution is -2.62. The summed E-state index contributed by atoms with van der Waals surface area (Å²) in [7, 11) is 0. The monoisotopic (exact) mass is 563 g/mol. The number of amides is 5. The van der Waals surface area contributed by atoms with Crippen molar-refractivity contribution in [2.24, 2.45) is 16.2 Å². The lowest BCUT2D eigenvalue weighted by Gasteiger charge is -2.41. The highest BCUT2D eigenvalue weighted by molar-refractivity contribution is 5.93. The van der Waals surface area contributed by atoms with Gasteiger partial charge < -0.3 is 25.8 Å². The van der Waals surface area contributed by atoms with Crippen LogP contribution in [0, 0.1) is 16.2 Å². The molecule has 230 valence electrons. The van der Waals surface area contributed by atoms with Gasteiger partial charge in [0.05, 0.1) is 6.04 Å². The number of rotatable bonds is 10. The number of hydrogen-bond acceptors (Lipinski definition) is 4. The molecule has 0 aromatic rings. The van der Waals surface area contributed by atoms with E-state index in [1.165, 1.54) is 0 Å². The summed E-state index contributed by atoms with van der Waals surface area (Å²) in [4.78, 5) is 56.7. The third kappa shape index (κ3) is 9.65. The van der Waals surface area contributed by atoms with Crippen LogP contribution in [-0.4, -0.2) is 77.4 Å². The molecular formula is C31H57N5O4. The van der Waals surface area contributed by atoms with Crippen LogP contribution < -0.4 is 16.0 Å². The Morgan fingerprint density at radius 3 is 2.20 bits per heavy atom. The van der Waals surface area contributed by atoms with Gasteiger partial charge in [0.2, 0.25) is 17.7 Å². The molecule has 4 unspecified atom stereocenters. The Labute approximate surface area is 242 Å². The fourth-order valence-electron chi connectivity index (χ4n) is 5.49. The van der Waals surface area contributed by atoms with E-state index in [0.717, 1.165) is 32.1 Å². The van der Waals surface area contributed by atoms with Crippen LogP contribution in [0.1, 0.15) is 114 Å². The number of unbranched alkanes of at least 4 members (excludes halogenated alkanes) is 1. The van der Waals surface area contributed by atoms with E-state index in [0.29, 0.717) is 32.5 Å². The lowest BCUT2D eigenvalue weighted by atomic mass is 9.81. The van der Waals surface area contributed by atoms with Gasteiger partial charge in [0.15, 0.2) is 0 Å². The van der Waals surface area contributed by atoms with E-state index < -0.39 is 23.5 Å². The highest BCUT2D eigenvalue weighted by atomic mass is 16.2. The van der Waals surface area contributed by atoms with E-state index >= 15 is 0 Å². The van der Waals surface area contributed by atoms with Gasteiger partial charge in [0.1, 0.15) is 12.1 Å². The molecule has 0 saturated carbocycles. The molecule has 9 heteroatoms. The van der Waals surface area contributed by atoms with Crippen LogP contribution in [-0.2, 0) is 14.4 Å². The third-order valence-corrected chi connectivity index (χ3v) is 8.40. The fourth-order valence-corrected chi connectivity index (χ4v) is 5.49. The molecule has 3 N–H and O–H groups in total. The number of urea groups is 1. The third-order valence-electron chi connectivity index (χ3n) is 8.40. The van der Waals surface area contributed by atoms with E-state index in [2.05, 4.69) is 36.7 Å². The average molecular weight is 564 g/mol. The van der Waals surface area contributed by atoms with E-state index in [1.54, 1.807) is 4.90 Å². The highest BCUT2D eigenvalue weighted by Crippen LogP contribution is 2.32. The second-order valence-electron chi connectivity index (χ2n) is 15.0. The molecule has 0 aromatic carbocycles. The molecule has 2 fully saturated rings. The van der Waals surface area contributed by atoms with Gasteiger partial charge in [-0.05, 0) is 48.9 Å². The first-order valence-electron chi connectivity index (χ1n) is 15.3. The summed E-state index contributed by atoms with van der Waals surface area (Å²) in [5, 5.41) is 9.11. The van der Waals surface area contributed by atoms with Gasteiger partial charge in [-0.15, -0.1) is 0 Å². The Balaban J connectivity index is 2.12. The molecule has 2 rings (SSSR count). The van der Waals surface area contributed by atoms with Crippen LogP contribution in [0.25, 0.3) is 0 Å². The molecule has 2 aliphatic rings. The molecule has 40 heavy (non-hydrogen) atoms. The maximum absolute atomic E-state index is 13.9. The Bertz CT molecular complexity index is 904. The van der Waals surface area contributed by atoms with Gasteiger partial charge in [-0.1, -0.05) is 75.2 Å². The van der Waals surface area contributed by atoms with Gasteiger partial charge in [-0.2, -0.15) is 0 Å². The van der Waals surface area contributed by atoms with Gasteiger partial charge in [-0.25, -0.2) is 4.79 Å². The van der Waals surface area contributed by atoms with Gasteiger partial charge >= 0.3 is 6.03 Å². The molecule has 4 atom stereocenters. The van der Waals surface area contributed by atoms with E-state index in [1.807, 2.05) is 53.4 Å². The van der Waals surface area contributed by atoms with Crippen molar-refractivity contribution >= 4 is 23.8 Å². The van der Waals surface area contributed by atoms with Crippen molar-refractivity contribution in [1.29, 1.82) is 0 Å². The molecule has 0 radical (unpaired) electrons. The largest absolute Gasteiger partial charge is 0.352 e. The number of likely N-dealkylation sites (tertiary alicyclic amines) is 2. The minimum atomic E-state index is -0.809. The molecule has 9 nitrogen and oxygen atoms in total. The SMILES string of the molecule is CCCCC(C)NC(=O)C1CCCN1C(=O)C(NC(=O)NC(CN1CCC(C)(C)CC1=O)C(C)(C)C)C(C)(C)C. The zero-order valence-electron chi connectivity index (χ0n) is 26.9. The van der Waals surface area contributed by atoms with Crippen molar-refractivity contribution in [2.45, 2.75) is 138 Å². The molecule has 0 aromatic heterocycles. The first-order chi connectivity index (χ1) is 18.4. The fraction of sp³-hybridized carbons (Fsp3) is 0.871. The quantitative estimate of drug-likeness (QED) is 0.365. The van der Waals surface area contributed by atoms with Crippen LogP contribution in [0.2, 0.25) is 0 Å². The molecule has 2 saturated heterocycles. The maximum atomic E-state index is 13.9. The Kier molecular flexibility index (Phi) is 11.5. The van der Waals surface area contributed by atoms with Gasteiger partial charge in [0.25, 0.3) is 0 Å². The molecule has 0 spiro atoms. The number of hydrogen-bond donors (Lipinski definition) is 3. The first kappa shape index (κ1) is 33.9.